The van der Waals surface area contributed by atoms with Gasteiger partial charge in [-0.2, -0.15) is 0 Å². The number of nitrogens with zero attached hydrogens (tertiary/aromatic N) is 2. The van der Waals surface area contributed by atoms with Crippen LogP contribution in [0, 0.1) is 6.92 Å². The summed E-state index contributed by atoms with van der Waals surface area (Å²) in [7, 11) is 0. The molecule has 6 heteroatoms. The van der Waals surface area contributed by atoms with Crippen molar-refractivity contribution in [2.75, 3.05) is 0 Å². The third-order valence-electron chi connectivity index (χ3n) is 6.54. The van der Waals surface area contributed by atoms with Gasteiger partial charge in [-0.1, -0.05) is 79.2 Å². The topological polar surface area (TPSA) is 64.3 Å². The number of aromatic carboxylic acids is 1. The Kier molecular flexibility index (Phi) is 6.97. The van der Waals surface area contributed by atoms with Crippen molar-refractivity contribution in [2.24, 2.45) is 0 Å². The molecule has 1 N–H and O–H groups in total. The van der Waals surface area contributed by atoms with Gasteiger partial charge < -0.3 is 14.4 Å². The standard InChI is InChI=1S/C31H27ClN2O3/c1-3-29-33-30-20(2)15-25(37-19-24-11-7-8-12-26(24)31(35)36)17-28(30)34(29)18-23-14-13-22(16-27(23)32)21-9-5-4-6-10-21/h4-17H,3,18-19H2,1-2H3,(H,35,36). The number of aryl methyl sites for hydroxylation is 2. The highest BCUT2D eigenvalue weighted by Gasteiger charge is 2.16. The maximum absolute atomic E-state index is 11.6. The summed E-state index contributed by atoms with van der Waals surface area (Å²) in [6, 6.07) is 27.2. The summed E-state index contributed by atoms with van der Waals surface area (Å²) in [4.78, 5) is 16.5. The van der Waals surface area contributed by atoms with E-state index in [-0.39, 0.29) is 12.2 Å². The minimum Gasteiger partial charge on any atom is -0.489 e. The molecule has 37 heavy (non-hydrogen) atoms. The average Bonchev–Trinajstić information content (AvgIpc) is 3.27. The predicted octanol–water partition coefficient (Wildman–Crippen LogP) is 7.55. The molecule has 0 saturated heterocycles. The minimum atomic E-state index is -0.966. The first-order chi connectivity index (χ1) is 17.9. The quantitative estimate of drug-likeness (QED) is 0.234. The molecule has 0 bridgehead atoms. The van der Waals surface area contributed by atoms with Gasteiger partial charge in [0.05, 0.1) is 23.1 Å². The number of ether oxygens (including phenoxy) is 1. The fourth-order valence-corrected chi connectivity index (χ4v) is 4.85. The second-order valence-electron chi connectivity index (χ2n) is 9.00. The van der Waals surface area contributed by atoms with Crippen LogP contribution in [-0.2, 0) is 19.6 Å². The molecular weight excluding hydrogens is 484 g/mol. The highest BCUT2D eigenvalue weighted by atomic mass is 35.5. The molecule has 1 heterocycles. The van der Waals surface area contributed by atoms with Crippen LogP contribution in [0.4, 0.5) is 0 Å². The lowest BCUT2D eigenvalue weighted by atomic mass is 10.0. The second kappa shape index (κ2) is 10.5. The molecule has 0 unspecified atom stereocenters. The van der Waals surface area contributed by atoms with Crippen molar-refractivity contribution >= 4 is 28.6 Å². The van der Waals surface area contributed by atoms with Gasteiger partial charge in [-0.3, -0.25) is 0 Å². The molecule has 0 radical (unpaired) electrons. The van der Waals surface area contributed by atoms with E-state index in [4.69, 9.17) is 21.3 Å². The molecule has 1 aromatic heterocycles. The Hall–Kier alpha value is -4.09. The van der Waals surface area contributed by atoms with E-state index in [1.165, 1.54) is 0 Å². The fourth-order valence-electron chi connectivity index (χ4n) is 4.61. The fraction of sp³-hybridized carbons (Fsp3) is 0.161. The van der Waals surface area contributed by atoms with Gasteiger partial charge in [-0.05, 0) is 47.4 Å². The number of carboxylic acid groups (broad SMARTS) is 1. The van der Waals surface area contributed by atoms with Crippen molar-refractivity contribution < 1.29 is 14.6 Å². The van der Waals surface area contributed by atoms with E-state index in [2.05, 4.69) is 35.8 Å². The van der Waals surface area contributed by atoms with E-state index in [1.54, 1.807) is 18.2 Å². The van der Waals surface area contributed by atoms with Crippen molar-refractivity contribution in [1.29, 1.82) is 0 Å². The van der Waals surface area contributed by atoms with E-state index < -0.39 is 5.97 Å². The Morgan fingerprint density at radius 1 is 0.946 bits per heavy atom. The zero-order valence-electron chi connectivity index (χ0n) is 20.7. The summed E-state index contributed by atoms with van der Waals surface area (Å²) in [5, 5.41) is 10.2. The van der Waals surface area contributed by atoms with E-state index >= 15 is 0 Å². The summed E-state index contributed by atoms with van der Waals surface area (Å²) in [6.07, 6.45) is 0.774. The molecule has 0 aliphatic heterocycles. The summed E-state index contributed by atoms with van der Waals surface area (Å²) >= 11 is 6.76. The van der Waals surface area contributed by atoms with Gasteiger partial charge in [-0.15, -0.1) is 0 Å². The number of halogens is 1. The van der Waals surface area contributed by atoms with Crippen LogP contribution >= 0.6 is 11.6 Å². The van der Waals surface area contributed by atoms with Crippen molar-refractivity contribution in [1.82, 2.24) is 9.55 Å². The summed E-state index contributed by atoms with van der Waals surface area (Å²) in [6.45, 7) is 4.85. The first kappa shape index (κ1) is 24.6. The number of rotatable bonds is 8. The zero-order valence-corrected chi connectivity index (χ0v) is 21.5. The van der Waals surface area contributed by atoms with Gasteiger partial charge in [0.2, 0.25) is 0 Å². The Balaban J connectivity index is 1.47. The largest absolute Gasteiger partial charge is 0.489 e. The van der Waals surface area contributed by atoms with E-state index in [9.17, 15) is 9.90 Å². The van der Waals surface area contributed by atoms with Gasteiger partial charge in [0.1, 0.15) is 18.2 Å². The van der Waals surface area contributed by atoms with E-state index in [0.717, 1.165) is 45.5 Å². The van der Waals surface area contributed by atoms with E-state index in [1.807, 2.05) is 49.4 Å². The number of carbonyl (C=O) groups is 1. The molecule has 0 saturated carbocycles. The number of benzene rings is 4. The molecule has 4 aromatic carbocycles. The van der Waals surface area contributed by atoms with Crippen LogP contribution < -0.4 is 4.74 Å². The van der Waals surface area contributed by atoms with Crippen LogP contribution in [0.25, 0.3) is 22.2 Å². The number of carboxylic acids is 1. The van der Waals surface area contributed by atoms with Crippen LogP contribution in [0.3, 0.4) is 0 Å². The SMILES string of the molecule is CCc1nc2c(C)cc(OCc3ccccc3C(=O)O)cc2n1Cc1ccc(-c2ccccc2)cc1Cl. The third kappa shape index (κ3) is 5.09. The van der Waals surface area contributed by atoms with Gasteiger partial charge in [0.15, 0.2) is 0 Å². The molecule has 0 amide bonds. The van der Waals surface area contributed by atoms with Gasteiger partial charge in [0.25, 0.3) is 0 Å². The van der Waals surface area contributed by atoms with Gasteiger partial charge in [-0.25, -0.2) is 9.78 Å². The summed E-state index contributed by atoms with van der Waals surface area (Å²) < 4.78 is 8.26. The van der Waals surface area contributed by atoms with Crippen LogP contribution in [0.1, 0.15) is 39.8 Å². The molecular formula is C31H27ClN2O3. The molecule has 5 rings (SSSR count). The smallest absolute Gasteiger partial charge is 0.336 e. The van der Waals surface area contributed by atoms with Crippen LogP contribution in [-0.4, -0.2) is 20.6 Å². The van der Waals surface area contributed by atoms with Crippen molar-refractivity contribution in [3.63, 3.8) is 0 Å². The van der Waals surface area contributed by atoms with Crippen LogP contribution in [0.2, 0.25) is 5.02 Å². The Labute approximate surface area is 220 Å². The molecule has 0 atom stereocenters. The zero-order chi connectivity index (χ0) is 25.9. The highest BCUT2D eigenvalue weighted by molar-refractivity contribution is 6.31. The summed E-state index contributed by atoms with van der Waals surface area (Å²) in [5.41, 5.74) is 6.96. The second-order valence-corrected chi connectivity index (χ2v) is 9.41. The van der Waals surface area contributed by atoms with E-state index in [0.29, 0.717) is 22.9 Å². The number of aromatic nitrogens is 2. The lowest BCUT2D eigenvalue weighted by Crippen LogP contribution is -2.06. The number of hydrogen-bond donors (Lipinski definition) is 1. The number of imidazole rings is 1. The van der Waals surface area contributed by atoms with Crippen LogP contribution in [0.5, 0.6) is 5.75 Å². The minimum absolute atomic E-state index is 0.162. The van der Waals surface area contributed by atoms with Crippen molar-refractivity contribution in [3.8, 4) is 16.9 Å². The number of hydrogen-bond acceptors (Lipinski definition) is 3. The Morgan fingerprint density at radius 3 is 2.43 bits per heavy atom. The molecule has 0 spiro atoms. The monoisotopic (exact) mass is 510 g/mol. The maximum atomic E-state index is 11.6. The molecule has 5 nitrogen and oxygen atoms in total. The Morgan fingerprint density at radius 2 is 1.70 bits per heavy atom. The maximum Gasteiger partial charge on any atom is 0.336 e. The Bertz CT molecular complexity index is 1590. The number of fused-ring (bicyclic) bond motifs is 1. The predicted molar refractivity (Wildman–Crippen MR) is 148 cm³/mol. The average molecular weight is 511 g/mol. The first-order valence-electron chi connectivity index (χ1n) is 12.2. The lowest BCUT2D eigenvalue weighted by Gasteiger charge is -2.13. The van der Waals surface area contributed by atoms with Crippen molar-refractivity contribution in [2.45, 2.75) is 33.4 Å². The normalized spacial score (nSPS) is 11.1. The summed E-state index contributed by atoms with van der Waals surface area (Å²) in [5.74, 6) is 0.667. The highest BCUT2D eigenvalue weighted by Crippen LogP contribution is 2.30. The molecule has 0 aliphatic rings. The molecule has 0 aliphatic carbocycles. The van der Waals surface area contributed by atoms with Crippen molar-refractivity contribution in [3.05, 3.63) is 118 Å². The van der Waals surface area contributed by atoms with Crippen LogP contribution in [0.15, 0.2) is 84.9 Å². The van der Waals surface area contributed by atoms with Gasteiger partial charge >= 0.3 is 5.97 Å². The first-order valence-corrected chi connectivity index (χ1v) is 12.6. The lowest BCUT2D eigenvalue weighted by molar-refractivity contribution is 0.0694. The molecule has 186 valence electrons. The van der Waals surface area contributed by atoms with Gasteiger partial charge in [0, 0.05) is 23.1 Å². The molecule has 0 fully saturated rings. The molecule has 5 aromatic rings. The third-order valence-corrected chi connectivity index (χ3v) is 6.90.